The molecule has 1 saturated carbocycles. The highest BCUT2D eigenvalue weighted by Gasteiger charge is 2.33. The number of carbonyl (C=O) groups excluding carboxylic acids is 1. The number of likely N-dealkylation sites (N-methyl/N-ethyl adjacent to an activating group) is 1. The summed E-state index contributed by atoms with van der Waals surface area (Å²) in [6.45, 7) is 2.60. The zero-order valence-corrected chi connectivity index (χ0v) is 14.5. The predicted octanol–water partition coefficient (Wildman–Crippen LogP) is 2.44. The van der Waals surface area contributed by atoms with E-state index in [-0.39, 0.29) is 42.7 Å². The van der Waals surface area contributed by atoms with Crippen LogP contribution in [0.5, 0.6) is 0 Å². The van der Waals surface area contributed by atoms with E-state index in [0.29, 0.717) is 0 Å². The summed E-state index contributed by atoms with van der Waals surface area (Å²) in [4.78, 5) is 17.1. The van der Waals surface area contributed by atoms with Crippen molar-refractivity contribution >= 4 is 36.4 Å². The van der Waals surface area contributed by atoms with Crippen LogP contribution >= 0.6 is 24.8 Å². The Hall–Kier alpha value is -0.810. The standard InChI is InChI=1S/C16H23N3O.2ClH/c1-18-8-9-19(15-5-3-2-4-13(15)11-18)16(20)12-6-7-14(17)10-12;;/h2-5,12,14H,6-11,17H2,1H3;2*1H. The molecule has 0 radical (unpaired) electrons. The minimum atomic E-state index is 0. The van der Waals surface area contributed by atoms with Crippen molar-refractivity contribution in [3.05, 3.63) is 29.8 Å². The van der Waals surface area contributed by atoms with Crippen molar-refractivity contribution in [2.75, 3.05) is 25.0 Å². The van der Waals surface area contributed by atoms with Crippen LogP contribution in [0.15, 0.2) is 24.3 Å². The number of para-hydroxylation sites is 1. The first-order valence-corrected chi connectivity index (χ1v) is 7.48. The van der Waals surface area contributed by atoms with E-state index in [1.54, 1.807) is 0 Å². The average Bonchev–Trinajstić information content (AvgIpc) is 2.79. The third-order valence-electron chi connectivity index (χ3n) is 4.52. The molecule has 2 unspecified atom stereocenters. The molecule has 1 aliphatic carbocycles. The van der Waals surface area contributed by atoms with Crippen LogP contribution in [0.3, 0.4) is 0 Å². The van der Waals surface area contributed by atoms with Gasteiger partial charge >= 0.3 is 0 Å². The number of fused-ring (bicyclic) bond motifs is 1. The van der Waals surface area contributed by atoms with E-state index in [4.69, 9.17) is 5.73 Å². The molecule has 1 aliphatic heterocycles. The summed E-state index contributed by atoms with van der Waals surface area (Å²) < 4.78 is 0. The van der Waals surface area contributed by atoms with Gasteiger partial charge in [0, 0.05) is 37.3 Å². The lowest BCUT2D eigenvalue weighted by Crippen LogP contribution is -2.39. The highest BCUT2D eigenvalue weighted by molar-refractivity contribution is 5.96. The Kier molecular flexibility index (Phi) is 7.13. The molecule has 4 nitrogen and oxygen atoms in total. The van der Waals surface area contributed by atoms with Gasteiger partial charge in [-0.25, -0.2) is 0 Å². The number of rotatable bonds is 1. The lowest BCUT2D eigenvalue weighted by Gasteiger charge is -2.25. The van der Waals surface area contributed by atoms with Crippen molar-refractivity contribution in [3.8, 4) is 0 Å². The van der Waals surface area contributed by atoms with Crippen LogP contribution in [0.25, 0.3) is 0 Å². The first-order chi connectivity index (χ1) is 9.65. The molecule has 2 aliphatic rings. The maximum atomic E-state index is 12.8. The fourth-order valence-electron chi connectivity index (χ4n) is 3.36. The van der Waals surface area contributed by atoms with Crippen molar-refractivity contribution in [2.45, 2.75) is 31.8 Å². The number of amides is 1. The highest BCUT2D eigenvalue weighted by Crippen LogP contribution is 2.31. The number of benzene rings is 1. The zero-order valence-electron chi connectivity index (χ0n) is 12.9. The summed E-state index contributed by atoms with van der Waals surface area (Å²) in [5.74, 6) is 0.377. The number of hydrogen-bond acceptors (Lipinski definition) is 3. The van der Waals surface area contributed by atoms with E-state index < -0.39 is 0 Å². The summed E-state index contributed by atoms with van der Waals surface area (Å²) in [6.07, 6.45) is 2.76. The smallest absolute Gasteiger partial charge is 0.230 e. The number of nitrogens with two attached hydrogens (primary N) is 1. The van der Waals surface area contributed by atoms with Crippen molar-refractivity contribution in [1.29, 1.82) is 0 Å². The molecule has 0 aromatic heterocycles. The van der Waals surface area contributed by atoms with E-state index in [2.05, 4.69) is 24.1 Å². The molecular formula is C16H25Cl2N3O. The third-order valence-corrected chi connectivity index (χ3v) is 4.52. The van der Waals surface area contributed by atoms with Crippen LogP contribution in [0.1, 0.15) is 24.8 Å². The van der Waals surface area contributed by atoms with Crippen molar-refractivity contribution in [1.82, 2.24) is 4.90 Å². The molecule has 0 spiro atoms. The predicted molar refractivity (Wildman–Crippen MR) is 94.9 cm³/mol. The highest BCUT2D eigenvalue weighted by atomic mass is 35.5. The molecule has 2 N–H and O–H groups in total. The maximum absolute atomic E-state index is 12.8. The molecule has 6 heteroatoms. The Morgan fingerprint density at radius 2 is 1.91 bits per heavy atom. The van der Waals surface area contributed by atoms with Crippen LogP contribution < -0.4 is 10.6 Å². The monoisotopic (exact) mass is 345 g/mol. The third kappa shape index (κ3) is 3.93. The van der Waals surface area contributed by atoms with E-state index in [1.165, 1.54) is 5.56 Å². The van der Waals surface area contributed by atoms with Crippen LogP contribution in [0.2, 0.25) is 0 Å². The van der Waals surface area contributed by atoms with E-state index in [9.17, 15) is 4.79 Å². The van der Waals surface area contributed by atoms with Gasteiger partial charge < -0.3 is 15.5 Å². The van der Waals surface area contributed by atoms with Gasteiger partial charge in [-0.2, -0.15) is 0 Å². The largest absolute Gasteiger partial charge is 0.328 e. The van der Waals surface area contributed by atoms with Gasteiger partial charge in [-0.3, -0.25) is 4.79 Å². The first kappa shape index (κ1) is 19.2. The first-order valence-electron chi connectivity index (χ1n) is 7.48. The lowest BCUT2D eigenvalue weighted by molar-refractivity contribution is -0.122. The molecule has 3 rings (SSSR count). The summed E-state index contributed by atoms with van der Waals surface area (Å²) in [7, 11) is 2.11. The minimum Gasteiger partial charge on any atom is -0.328 e. The summed E-state index contributed by atoms with van der Waals surface area (Å²) in [6, 6.07) is 8.46. The topological polar surface area (TPSA) is 49.6 Å². The molecule has 1 aromatic rings. The second kappa shape index (κ2) is 8.16. The minimum absolute atomic E-state index is 0. The fraction of sp³-hybridized carbons (Fsp3) is 0.562. The Morgan fingerprint density at radius 3 is 2.59 bits per heavy atom. The molecule has 2 atom stereocenters. The van der Waals surface area contributed by atoms with Gasteiger partial charge in [0.15, 0.2) is 0 Å². The average molecular weight is 346 g/mol. The second-order valence-corrected chi connectivity index (χ2v) is 6.13. The van der Waals surface area contributed by atoms with E-state index in [0.717, 1.165) is 44.6 Å². The van der Waals surface area contributed by atoms with Crippen LogP contribution in [0, 0.1) is 5.92 Å². The molecule has 1 aromatic carbocycles. The van der Waals surface area contributed by atoms with Gasteiger partial charge in [0.1, 0.15) is 0 Å². The number of carbonyl (C=O) groups is 1. The Morgan fingerprint density at radius 1 is 1.18 bits per heavy atom. The zero-order chi connectivity index (χ0) is 14.1. The van der Waals surface area contributed by atoms with Crippen LogP contribution in [-0.2, 0) is 11.3 Å². The number of anilines is 1. The molecule has 0 saturated heterocycles. The van der Waals surface area contributed by atoms with E-state index in [1.807, 2.05) is 17.0 Å². The SMILES string of the molecule is CN1CCN(C(=O)C2CCC(N)C2)c2ccccc2C1.Cl.Cl. The number of nitrogens with zero attached hydrogens (tertiary/aromatic N) is 2. The van der Waals surface area contributed by atoms with Gasteiger partial charge in [0.2, 0.25) is 5.91 Å². The molecule has 22 heavy (non-hydrogen) atoms. The van der Waals surface area contributed by atoms with Crippen LogP contribution in [-0.4, -0.2) is 37.0 Å². The second-order valence-electron chi connectivity index (χ2n) is 6.13. The van der Waals surface area contributed by atoms with Crippen molar-refractivity contribution < 1.29 is 4.79 Å². The number of hydrogen-bond donors (Lipinski definition) is 1. The molecule has 0 bridgehead atoms. The van der Waals surface area contributed by atoms with Gasteiger partial charge in [0.25, 0.3) is 0 Å². The summed E-state index contributed by atoms with van der Waals surface area (Å²) in [5.41, 5.74) is 8.29. The number of halogens is 2. The van der Waals surface area contributed by atoms with E-state index >= 15 is 0 Å². The van der Waals surface area contributed by atoms with Crippen LogP contribution in [0.4, 0.5) is 5.69 Å². The van der Waals surface area contributed by atoms with Crippen molar-refractivity contribution in [2.24, 2.45) is 11.7 Å². The van der Waals surface area contributed by atoms with Gasteiger partial charge in [0.05, 0.1) is 0 Å². The normalized spacial score (nSPS) is 24.7. The molecule has 1 amide bonds. The molecule has 1 fully saturated rings. The Bertz CT molecular complexity index is 512. The molecule has 1 heterocycles. The van der Waals surface area contributed by atoms with Gasteiger partial charge in [-0.1, -0.05) is 18.2 Å². The van der Waals surface area contributed by atoms with Gasteiger partial charge in [-0.05, 0) is 37.9 Å². The maximum Gasteiger partial charge on any atom is 0.230 e. The molecular weight excluding hydrogens is 321 g/mol. The summed E-state index contributed by atoms with van der Waals surface area (Å²) in [5, 5.41) is 0. The van der Waals surface area contributed by atoms with Gasteiger partial charge in [-0.15, -0.1) is 24.8 Å². The fourth-order valence-corrected chi connectivity index (χ4v) is 3.36. The Labute approximate surface area is 144 Å². The quantitative estimate of drug-likeness (QED) is 0.850. The lowest BCUT2D eigenvalue weighted by atomic mass is 10.0. The Balaban J connectivity index is 0.00000121. The molecule has 124 valence electrons. The van der Waals surface area contributed by atoms with Crippen molar-refractivity contribution in [3.63, 3.8) is 0 Å². The summed E-state index contributed by atoms with van der Waals surface area (Å²) >= 11 is 0.